The molecule has 4 rings (SSSR count). The number of halogens is 2. The maximum atomic E-state index is 13.0. The number of hydrogen-bond acceptors (Lipinski definition) is 5. The highest BCUT2D eigenvalue weighted by atomic mass is 35.5. The first-order chi connectivity index (χ1) is 14.9. The average molecular weight is 463 g/mol. The van der Waals surface area contributed by atoms with Gasteiger partial charge in [-0.15, -0.1) is 0 Å². The summed E-state index contributed by atoms with van der Waals surface area (Å²) in [5, 5.41) is 3.77. The van der Waals surface area contributed by atoms with Gasteiger partial charge in [0.2, 0.25) is 5.91 Å². The number of carbonyl (C=O) groups excluding carboxylic acids is 2. The number of amides is 1. The molecule has 1 atom stereocenters. The van der Waals surface area contributed by atoms with E-state index in [1.54, 1.807) is 36.4 Å². The lowest BCUT2D eigenvalue weighted by atomic mass is 9.88. The first-order valence-electron chi connectivity index (χ1n) is 10.4. The summed E-state index contributed by atoms with van der Waals surface area (Å²) in [6.45, 7) is 4.22. The Labute approximate surface area is 191 Å². The molecule has 1 N–H and O–H groups in total. The van der Waals surface area contributed by atoms with Gasteiger partial charge in [-0.1, -0.05) is 23.2 Å². The largest absolute Gasteiger partial charge is 0.486 e. The van der Waals surface area contributed by atoms with Gasteiger partial charge in [0.25, 0.3) is 0 Å². The monoisotopic (exact) mass is 462 g/mol. The Morgan fingerprint density at radius 2 is 1.74 bits per heavy atom. The molecule has 1 saturated heterocycles. The third kappa shape index (κ3) is 4.97. The molecule has 8 heteroatoms. The normalized spacial score (nSPS) is 17.8. The number of piperidine rings is 1. The minimum atomic E-state index is -0.336. The second-order valence-corrected chi connectivity index (χ2v) is 8.67. The van der Waals surface area contributed by atoms with Crippen LogP contribution in [0.25, 0.3) is 0 Å². The van der Waals surface area contributed by atoms with Crippen molar-refractivity contribution in [2.75, 3.05) is 31.6 Å². The van der Waals surface area contributed by atoms with E-state index in [0.717, 1.165) is 0 Å². The maximum Gasteiger partial charge on any atom is 0.241 e. The number of carbonyl (C=O) groups is 2. The van der Waals surface area contributed by atoms with Crippen LogP contribution in [0.5, 0.6) is 11.5 Å². The molecule has 0 aliphatic carbocycles. The van der Waals surface area contributed by atoms with Crippen LogP contribution in [-0.4, -0.2) is 48.9 Å². The molecule has 31 heavy (non-hydrogen) atoms. The van der Waals surface area contributed by atoms with E-state index in [0.29, 0.717) is 71.9 Å². The van der Waals surface area contributed by atoms with Crippen molar-refractivity contribution in [2.24, 2.45) is 5.92 Å². The molecular formula is C23H24Cl2N2O4. The average Bonchev–Trinajstić information content (AvgIpc) is 2.79. The van der Waals surface area contributed by atoms with Gasteiger partial charge >= 0.3 is 0 Å². The number of ether oxygens (including phenoxy) is 2. The van der Waals surface area contributed by atoms with Crippen LogP contribution in [0.1, 0.15) is 30.1 Å². The van der Waals surface area contributed by atoms with Crippen molar-refractivity contribution in [1.82, 2.24) is 4.90 Å². The standard InChI is InChI=1S/C23H24Cl2N2O4/c1-14(23(29)26-19-4-3-17(24)13-18(19)25)27-8-6-15(7-9-27)22(28)16-2-5-20-21(12-16)31-11-10-30-20/h2-5,12-15H,6-11H2,1H3,(H,26,29). The Balaban J connectivity index is 1.33. The zero-order valence-corrected chi connectivity index (χ0v) is 18.7. The Hall–Kier alpha value is -2.28. The third-order valence-electron chi connectivity index (χ3n) is 5.84. The van der Waals surface area contributed by atoms with Gasteiger partial charge in [0.05, 0.1) is 16.8 Å². The molecular weight excluding hydrogens is 439 g/mol. The first-order valence-corrected chi connectivity index (χ1v) is 11.1. The van der Waals surface area contributed by atoms with Crippen LogP contribution >= 0.6 is 23.2 Å². The highest BCUT2D eigenvalue weighted by molar-refractivity contribution is 6.36. The minimum Gasteiger partial charge on any atom is -0.486 e. The zero-order chi connectivity index (χ0) is 22.0. The Morgan fingerprint density at radius 3 is 2.45 bits per heavy atom. The highest BCUT2D eigenvalue weighted by Crippen LogP contribution is 2.33. The van der Waals surface area contributed by atoms with Crippen molar-refractivity contribution in [1.29, 1.82) is 0 Å². The van der Waals surface area contributed by atoms with E-state index in [2.05, 4.69) is 10.2 Å². The van der Waals surface area contributed by atoms with E-state index in [4.69, 9.17) is 32.7 Å². The molecule has 0 saturated carbocycles. The summed E-state index contributed by atoms with van der Waals surface area (Å²) in [6, 6.07) is 10.0. The number of nitrogens with zero attached hydrogens (tertiary/aromatic N) is 1. The van der Waals surface area contributed by atoms with Gasteiger partial charge in [-0.05, 0) is 69.3 Å². The Morgan fingerprint density at radius 1 is 1.03 bits per heavy atom. The predicted molar refractivity (Wildman–Crippen MR) is 121 cm³/mol. The number of hydrogen-bond donors (Lipinski definition) is 1. The predicted octanol–water partition coefficient (Wildman–Crippen LogP) is 4.69. The van der Waals surface area contributed by atoms with E-state index in [1.807, 2.05) is 6.92 Å². The Bertz CT molecular complexity index is 990. The summed E-state index contributed by atoms with van der Waals surface area (Å²) in [7, 11) is 0. The van der Waals surface area contributed by atoms with Crippen molar-refractivity contribution in [3.8, 4) is 11.5 Å². The van der Waals surface area contributed by atoms with Crippen molar-refractivity contribution in [3.63, 3.8) is 0 Å². The number of Topliss-reactive ketones (excluding diaryl/α,β-unsaturated/α-hetero) is 1. The van der Waals surface area contributed by atoms with Crippen molar-refractivity contribution in [2.45, 2.75) is 25.8 Å². The number of likely N-dealkylation sites (tertiary alicyclic amines) is 1. The molecule has 0 radical (unpaired) electrons. The van der Waals surface area contributed by atoms with Crippen LogP contribution < -0.4 is 14.8 Å². The lowest BCUT2D eigenvalue weighted by molar-refractivity contribution is -0.121. The number of ketones is 1. The molecule has 1 unspecified atom stereocenters. The summed E-state index contributed by atoms with van der Waals surface area (Å²) < 4.78 is 11.1. The highest BCUT2D eigenvalue weighted by Gasteiger charge is 2.31. The van der Waals surface area contributed by atoms with Gasteiger partial charge < -0.3 is 14.8 Å². The van der Waals surface area contributed by atoms with E-state index >= 15 is 0 Å². The number of benzene rings is 2. The summed E-state index contributed by atoms with van der Waals surface area (Å²) >= 11 is 12.1. The third-order valence-corrected chi connectivity index (χ3v) is 6.39. The number of nitrogens with one attached hydrogen (secondary N) is 1. The molecule has 2 aromatic rings. The van der Waals surface area contributed by atoms with Gasteiger partial charge in [0.15, 0.2) is 17.3 Å². The second kappa shape index (κ2) is 9.47. The van der Waals surface area contributed by atoms with Crippen molar-refractivity contribution in [3.05, 3.63) is 52.0 Å². The fourth-order valence-electron chi connectivity index (χ4n) is 3.98. The molecule has 0 spiro atoms. The fourth-order valence-corrected chi connectivity index (χ4v) is 4.43. The molecule has 1 amide bonds. The summed E-state index contributed by atoms with van der Waals surface area (Å²) in [5.74, 6) is 1.21. The van der Waals surface area contributed by atoms with E-state index in [9.17, 15) is 9.59 Å². The van der Waals surface area contributed by atoms with Gasteiger partial charge in [0.1, 0.15) is 13.2 Å². The molecule has 164 valence electrons. The number of rotatable bonds is 5. The molecule has 2 aromatic carbocycles. The van der Waals surface area contributed by atoms with Crippen LogP contribution in [0.15, 0.2) is 36.4 Å². The van der Waals surface area contributed by atoms with Crippen LogP contribution in [0, 0.1) is 5.92 Å². The lowest BCUT2D eigenvalue weighted by Gasteiger charge is -2.35. The van der Waals surface area contributed by atoms with Crippen molar-refractivity contribution >= 4 is 40.6 Å². The first kappa shape index (κ1) is 21.9. The second-order valence-electron chi connectivity index (χ2n) is 7.82. The molecule has 1 fully saturated rings. The van der Waals surface area contributed by atoms with Gasteiger partial charge in [0, 0.05) is 16.5 Å². The SMILES string of the molecule is CC(C(=O)Nc1ccc(Cl)cc1Cl)N1CCC(C(=O)c2ccc3c(c2)OCCO3)CC1. The summed E-state index contributed by atoms with van der Waals surface area (Å²) in [4.78, 5) is 27.8. The fraction of sp³-hybridized carbons (Fsp3) is 0.391. The van der Waals surface area contributed by atoms with Crippen LogP contribution in [0.2, 0.25) is 10.0 Å². The molecule has 0 bridgehead atoms. The van der Waals surface area contributed by atoms with E-state index < -0.39 is 0 Å². The van der Waals surface area contributed by atoms with Crippen LogP contribution in [-0.2, 0) is 4.79 Å². The molecule has 2 aliphatic heterocycles. The van der Waals surface area contributed by atoms with Crippen LogP contribution in [0.3, 0.4) is 0 Å². The van der Waals surface area contributed by atoms with E-state index in [-0.39, 0.29) is 23.7 Å². The molecule has 2 aliphatic rings. The lowest BCUT2D eigenvalue weighted by Crippen LogP contribution is -2.47. The molecule has 6 nitrogen and oxygen atoms in total. The Kier molecular flexibility index (Phi) is 6.70. The molecule has 0 aromatic heterocycles. The topological polar surface area (TPSA) is 67.9 Å². The summed E-state index contributed by atoms with van der Waals surface area (Å²) in [5.41, 5.74) is 1.18. The summed E-state index contributed by atoms with van der Waals surface area (Å²) in [6.07, 6.45) is 1.40. The van der Waals surface area contributed by atoms with Crippen molar-refractivity contribution < 1.29 is 19.1 Å². The van der Waals surface area contributed by atoms with E-state index in [1.165, 1.54) is 0 Å². The zero-order valence-electron chi connectivity index (χ0n) is 17.2. The smallest absolute Gasteiger partial charge is 0.241 e. The van der Waals surface area contributed by atoms with Gasteiger partial charge in [-0.25, -0.2) is 0 Å². The minimum absolute atomic E-state index is 0.0696. The quantitative estimate of drug-likeness (QED) is 0.652. The van der Waals surface area contributed by atoms with Gasteiger partial charge in [-0.3, -0.25) is 14.5 Å². The number of anilines is 1. The maximum absolute atomic E-state index is 13.0. The van der Waals surface area contributed by atoms with Crippen LogP contribution in [0.4, 0.5) is 5.69 Å². The number of fused-ring (bicyclic) bond motifs is 1. The molecule has 2 heterocycles. The van der Waals surface area contributed by atoms with Gasteiger partial charge in [-0.2, -0.15) is 0 Å².